The lowest BCUT2D eigenvalue weighted by Gasteiger charge is -2.33. The number of anilines is 1. The molecule has 0 spiro atoms. The number of halogens is 1. The van der Waals surface area contributed by atoms with E-state index in [1.807, 2.05) is 29.2 Å². The zero-order valence-electron chi connectivity index (χ0n) is 16.0. The van der Waals surface area contributed by atoms with Gasteiger partial charge in [0.05, 0.1) is 12.1 Å². The van der Waals surface area contributed by atoms with Crippen molar-refractivity contribution >= 4 is 28.7 Å². The maximum absolute atomic E-state index is 12.9. The van der Waals surface area contributed by atoms with Crippen LogP contribution in [-0.2, 0) is 11.3 Å². The first kappa shape index (κ1) is 19.0. The smallest absolute Gasteiger partial charge is 0.246 e. The molecule has 1 aliphatic rings. The number of carbonyl (C=O) groups is 1. The summed E-state index contributed by atoms with van der Waals surface area (Å²) in [6.07, 6.45) is 3.25. The van der Waals surface area contributed by atoms with Crippen molar-refractivity contribution < 1.29 is 9.18 Å². The van der Waals surface area contributed by atoms with E-state index in [0.29, 0.717) is 31.3 Å². The largest absolute Gasteiger partial charge is 0.383 e. The first-order valence-electron chi connectivity index (χ1n) is 9.54. The van der Waals surface area contributed by atoms with E-state index < -0.39 is 0 Å². The van der Waals surface area contributed by atoms with Gasteiger partial charge in [-0.2, -0.15) is 0 Å². The summed E-state index contributed by atoms with van der Waals surface area (Å²) in [6.45, 7) is 3.35. The SMILES string of the molecule is Nc1nc(CN2CCN(C(=O)/C=C/c3ccc(F)cc3)CC2)nc2ccccc12. The van der Waals surface area contributed by atoms with Crippen LogP contribution in [0, 0.1) is 5.82 Å². The zero-order valence-corrected chi connectivity index (χ0v) is 16.0. The minimum atomic E-state index is -0.290. The van der Waals surface area contributed by atoms with E-state index in [0.717, 1.165) is 29.6 Å². The fourth-order valence-electron chi connectivity index (χ4n) is 3.39. The Morgan fingerprint density at radius 2 is 1.76 bits per heavy atom. The molecule has 3 aromatic rings. The molecule has 1 aliphatic heterocycles. The van der Waals surface area contributed by atoms with Gasteiger partial charge < -0.3 is 10.6 Å². The molecule has 6 nitrogen and oxygen atoms in total. The zero-order chi connectivity index (χ0) is 20.2. The number of nitrogens with two attached hydrogens (primary N) is 1. The van der Waals surface area contributed by atoms with Crippen molar-refractivity contribution in [2.24, 2.45) is 0 Å². The highest BCUT2D eigenvalue weighted by atomic mass is 19.1. The molecule has 2 N–H and O–H groups in total. The number of fused-ring (bicyclic) bond motifs is 1. The monoisotopic (exact) mass is 391 g/mol. The first-order chi connectivity index (χ1) is 14.1. The van der Waals surface area contributed by atoms with Crippen LogP contribution in [0.3, 0.4) is 0 Å². The van der Waals surface area contributed by atoms with Crippen LogP contribution in [-0.4, -0.2) is 51.9 Å². The van der Waals surface area contributed by atoms with Crippen molar-refractivity contribution in [3.8, 4) is 0 Å². The third kappa shape index (κ3) is 4.57. The Kier molecular flexibility index (Phi) is 5.48. The molecule has 1 saturated heterocycles. The van der Waals surface area contributed by atoms with Gasteiger partial charge in [-0.15, -0.1) is 0 Å². The van der Waals surface area contributed by atoms with Gasteiger partial charge in [0.15, 0.2) is 0 Å². The van der Waals surface area contributed by atoms with Gasteiger partial charge in [0.2, 0.25) is 5.91 Å². The van der Waals surface area contributed by atoms with E-state index in [9.17, 15) is 9.18 Å². The van der Waals surface area contributed by atoms with Gasteiger partial charge in [-0.05, 0) is 35.9 Å². The number of benzene rings is 2. The van der Waals surface area contributed by atoms with Crippen LogP contribution >= 0.6 is 0 Å². The van der Waals surface area contributed by atoms with Gasteiger partial charge in [-0.1, -0.05) is 24.3 Å². The second kappa shape index (κ2) is 8.36. The van der Waals surface area contributed by atoms with Crippen LogP contribution in [0.5, 0.6) is 0 Å². The molecule has 1 fully saturated rings. The molecule has 1 aromatic heterocycles. The number of nitrogens with zero attached hydrogens (tertiary/aromatic N) is 4. The predicted octanol–water partition coefficient (Wildman–Crippen LogP) is 2.71. The molecule has 0 atom stereocenters. The standard InChI is InChI=1S/C22H22FN5O/c23-17-8-5-16(6-9-17)7-10-21(29)28-13-11-27(12-14-28)15-20-25-19-4-2-1-3-18(19)22(24)26-20/h1-10H,11-15H2,(H2,24,25,26)/b10-7+. The third-order valence-electron chi connectivity index (χ3n) is 5.02. The van der Waals surface area contributed by atoms with Crippen molar-refractivity contribution in [3.05, 3.63) is 71.8 Å². The van der Waals surface area contributed by atoms with Crippen LogP contribution in [0.2, 0.25) is 0 Å². The highest BCUT2D eigenvalue weighted by Crippen LogP contribution is 2.18. The summed E-state index contributed by atoms with van der Waals surface area (Å²) in [5.41, 5.74) is 7.70. The number of aromatic nitrogens is 2. The Hall–Kier alpha value is -3.32. The number of hydrogen-bond acceptors (Lipinski definition) is 5. The lowest BCUT2D eigenvalue weighted by atomic mass is 10.2. The van der Waals surface area contributed by atoms with Crippen LogP contribution in [0.1, 0.15) is 11.4 Å². The topological polar surface area (TPSA) is 75.3 Å². The molecule has 0 saturated carbocycles. The second-order valence-electron chi connectivity index (χ2n) is 7.03. The number of carbonyl (C=O) groups excluding carboxylic acids is 1. The Bertz CT molecular complexity index is 1040. The maximum atomic E-state index is 12.9. The fourth-order valence-corrected chi connectivity index (χ4v) is 3.39. The molecular weight excluding hydrogens is 369 g/mol. The molecule has 0 unspecified atom stereocenters. The summed E-state index contributed by atoms with van der Waals surface area (Å²) in [6, 6.07) is 13.7. The molecule has 0 aliphatic carbocycles. The molecule has 2 aromatic carbocycles. The van der Waals surface area contributed by atoms with E-state index >= 15 is 0 Å². The Morgan fingerprint density at radius 3 is 2.52 bits per heavy atom. The summed E-state index contributed by atoms with van der Waals surface area (Å²) < 4.78 is 12.9. The van der Waals surface area contributed by atoms with Crippen molar-refractivity contribution in [1.29, 1.82) is 0 Å². The summed E-state index contributed by atoms with van der Waals surface area (Å²) in [5, 5.41) is 0.861. The van der Waals surface area contributed by atoms with E-state index in [4.69, 9.17) is 5.73 Å². The number of nitrogen functional groups attached to an aromatic ring is 1. The molecule has 2 heterocycles. The molecule has 0 radical (unpaired) electrons. The van der Waals surface area contributed by atoms with E-state index in [1.54, 1.807) is 18.2 Å². The molecule has 1 amide bonds. The summed E-state index contributed by atoms with van der Waals surface area (Å²) in [4.78, 5) is 25.5. The van der Waals surface area contributed by atoms with Gasteiger partial charge in [0, 0.05) is 37.6 Å². The number of rotatable bonds is 4. The summed E-state index contributed by atoms with van der Waals surface area (Å²) >= 11 is 0. The van der Waals surface area contributed by atoms with Crippen LogP contribution < -0.4 is 5.73 Å². The minimum Gasteiger partial charge on any atom is -0.383 e. The average molecular weight is 391 g/mol. The molecule has 7 heteroatoms. The molecule has 0 bridgehead atoms. The predicted molar refractivity (Wildman–Crippen MR) is 111 cm³/mol. The van der Waals surface area contributed by atoms with Crippen LogP contribution in [0.15, 0.2) is 54.6 Å². The maximum Gasteiger partial charge on any atom is 0.246 e. The number of amides is 1. The van der Waals surface area contributed by atoms with E-state index in [1.165, 1.54) is 18.2 Å². The van der Waals surface area contributed by atoms with Crippen molar-refractivity contribution in [3.63, 3.8) is 0 Å². The Labute approximate surface area is 168 Å². The van der Waals surface area contributed by atoms with Gasteiger partial charge in [0.1, 0.15) is 17.5 Å². The van der Waals surface area contributed by atoms with E-state index in [2.05, 4.69) is 14.9 Å². The second-order valence-corrected chi connectivity index (χ2v) is 7.03. The normalized spacial score (nSPS) is 15.3. The van der Waals surface area contributed by atoms with Crippen molar-refractivity contribution in [2.75, 3.05) is 31.9 Å². The number of hydrogen-bond donors (Lipinski definition) is 1. The Morgan fingerprint density at radius 1 is 1.03 bits per heavy atom. The molecule has 148 valence electrons. The highest BCUT2D eigenvalue weighted by molar-refractivity contribution is 5.91. The quantitative estimate of drug-likeness (QED) is 0.692. The molecular formula is C22H22FN5O. The average Bonchev–Trinajstić information content (AvgIpc) is 2.74. The lowest BCUT2D eigenvalue weighted by molar-refractivity contribution is -0.127. The fraction of sp³-hybridized carbons (Fsp3) is 0.227. The van der Waals surface area contributed by atoms with Crippen LogP contribution in [0.4, 0.5) is 10.2 Å². The van der Waals surface area contributed by atoms with Gasteiger partial charge in [-0.25, -0.2) is 14.4 Å². The van der Waals surface area contributed by atoms with Crippen LogP contribution in [0.25, 0.3) is 17.0 Å². The number of piperazine rings is 1. The molecule has 29 heavy (non-hydrogen) atoms. The van der Waals surface area contributed by atoms with E-state index in [-0.39, 0.29) is 11.7 Å². The van der Waals surface area contributed by atoms with Gasteiger partial charge in [-0.3, -0.25) is 9.69 Å². The molecule has 4 rings (SSSR count). The lowest BCUT2D eigenvalue weighted by Crippen LogP contribution is -2.48. The number of para-hydroxylation sites is 1. The first-order valence-corrected chi connectivity index (χ1v) is 9.54. The van der Waals surface area contributed by atoms with Gasteiger partial charge >= 0.3 is 0 Å². The van der Waals surface area contributed by atoms with Gasteiger partial charge in [0.25, 0.3) is 0 Å². The summed E-state index contributed by atoms with van der Waals surface area (Å²) in [5.74, 6) is 0.851. The third-order valence-corrected chi connectivity index (χ3v) is 5.02. The summed E-state index contributed by atoms with van der Waals surface area (Å²) in [7, 11) is 0. The Balaban J connectivity index is 1.33. The van der Waals surface area contributed by atoms with Crippen molar-refractivity contribution in [2.45, 2.75) is 6.54 Å². The highest BCUT2D eigenvalue weighted by Gasteiger charge is 2.20. The minimum absolute atomic E-state index is 0.0415. The van der Waals surface area contributed by atoms with Crippen molar-refractivity contribution in [1.82, 2.24) is 19.8 Å².